The van der Waals surface area contributed by atoms with E-state index in [-0.39, 0.29) is 0 Å². The molecule has 0 spiro atoms. The van der Waals surface area contributed by atoms with E-state index < -0.39 is 0 Å². The van der Waals surface area contributed by atoms with Gasteiger partial charge in [0, 0.05) is 12.1 Å². The van der Waals surface area contributed by atoms with E-state index in [0.29, 0.717) is 18.0 Å². The van der Waals surface area contributed by atoms with Crippen molar-refractivity contribution in [2.75, 3.05) is 13.7 Å². The highest BCUT2D eigenvalue weighted by atomic mass is 16.5. The molecule has 0 heterocycles. The topological polar surface area (TPSA) is 47.6 Å². The summed E-state index contributed by atoms with van der Waals surface area (Å²) >= 11 is 0. The molecule has 0 radical (unpaired) electrons. The third-order valence-corrected chi connectivity index (χ3v) is 2.27. The Morgan fingerprint density at radius 1 is 1.17 bits per heavy atom. The molecule has 0 aliphatic carbocycles. The lowest BCUT2D eigenvalue weighted by Gasteiger charge is -2.08. The van der Waals surface area contributed by atoms with E-state index in [1.54, 1.807) is 25.3 Å². The van der Waals surface area contributed by atoms with Gasteiger partial charge in [0.05, 0.1) is 12.8 Å². The molecule has 0 fully saturated rings. The van der Waals surface area contributed by atoms with Gasteiger partial charge in [-0.25, -0.2) is 0 Å². The molecule has 3 heteroatoms. The van der Waals surface area contributed by atoms with Gasteiger partial charge in [0.15, 0.2) is 0 Å². The average Bonchev–Trinajstić information content (AvgIpc) is 2.40. The highest BCUT2D eigenvalue weighted by Crippen LogP contribution is 2.15. The van der Waals surface area contributed by atoms with Crippen LogP contribution in [0, 0.1) is 0 Å². The first kappa shape index (κ1) is 15.9. The lowest BCUT2D eigenvalue weighted by atomic mass is 10.0. The Hall–Kier alpha value is -2.13. The largest absolute Gasteiger partial charge is 0.497 e. The first-order chi connectivity index (χ1) is 8.46. The molecule has 0 rings (SSSR count). The van der Waals surface area contributed by atoms with Gasteiger partial charge < -0.3 is 10.5 Å². The van der Waals surface area contributed by atoms with Crippen molar-refractivity contribution in [1.82, 2.24) is 0 Å². The van der Waals surface area contributed by atoms with Gasteiger partial charge in [0.2, 0.25) is 0 Å². The Morgan fingerprint density at radius 3 is 2.22 bits per heavy atom. The van der Waals surface area contributed by atoms with Crippen LogP contribution in [-0.4, -0.2) is 20.4 Å². The number of allylic oxidation sites excluding steroid dienone is 5. The fraction of sp³-hybridized carbons (Fsp3) is 0.133. The number of nitrogens with zero attached hydrogens (tertiary/aromatic N) is 1. The van der Waals surface area contributed by atoms with Gasteiger partial charge in [-0.2, -0.15) is 0 Å². The maximum Gasteiger partial charge on any atom is 0.116 e. The summed E-state index contributed by atoms with van der Waals surface area (Å²) in [5.74, 6) is 0.521. The first-order valence-electron chi connectivity index (χ1n) is 5.32. The van der Waals surface area contributed by atoms with Crippen molar-refractivity contribution in [2.45, 2.75) is 0 Å². The van der Waals surface area contributed by atoms with Crippen LogP contribution < -0.4 is 5.73 Å². The van der Waals surface area contributed by atoms with Crippen LogP contribution >= 0.6 is 0 Å². The normalized spacial score (nSPS) is 11.1. The van der Waals surface area contributed by atoms with Gasteiger partial charge >= 0.3 is 0 Å². The zero-order valence-electron chi connectivity index (χ0n) is 10.9. The molecule has 0 aliphatic rings. The molecule has 0 atom stereocenters. The molecule has 0 aliphatic heterocycles. The third-order valence-electron chi connectivity index (χ3n) is 2.27. The fourth-order valence-electron chi connectivity index (χ4n) is 1.04. The van der Waals surface area contributed by atoms with E-state index in [1.807, 2.05) is 0 Å². The van der Waals surface area contributed by atoms with E-state index in [4.69, 9.17) is 10.5 Å². The number of rotatable bonds is 8. The van der Waals surface area contributed by atoms with E-state index in [0.717, 1.165) is 16.7 Å². The molecule has 0 amide bonds. The summed E-state index contributed by atoms with van der Waals surface area (Å²) in [4.78, 5) is 3.67. The Balaban J connectivity index is 4.85. The van der Waals surface area contributed by atoms with Crippen LogP contribution in [0.1, 0.15) is 0 Å². The van der Waals surface area contributed by atoms with Gasteiger partial charge in [-0.3, -0.25) is 4.99 Å². The summed E-state index contributed by atoms with van der Waals surface area (Å²) in [5.41, 5.74) is 8.40. The number of nitrogens with two attached hydrogens (primary N) is 1. The Labute approximate surface area is 109 Å². The summed E-state index contributed by atoms with van der Waals surface area (Å²) in [6, 6.07) is 0. The summed E-state index contributed by atoms with van der Waals surface area (Å²) in [7, 11) is 1.54. The molecular formula is C15H20N2O. The number of hydrogen-bond donors (Lipinski definition) is 1. The van der Waals surface area contributed by atoms with Crippen LogP contribution in [0.5, 0.6) is 0 Å². The number of methoxy groups -OCH3 is 1. The highest BCUT2D eigenvalue weighted by Gasteiger charge is 2.02. The van der Waals surface area contributed by atoms with Crippen LogP contribution in [0.2, 0.25) is 0 Å². The molecule has 0 saturated heterocycles. The molecule has 0 saturated carbocycles. The maximum atomic E-state index is 5.61. The van der Waals surface area contributed by atoms with Crippen molar-refractivity contribution in [2.24, 2.45) is 10.7 Å². The van der Waals surface area contributed by atoms with Gasteiger partial charge in [0.25, 0.3) is 0 Å². The molecule has 0 aromatic rings. The molecule has 18 heavy (non-hydrogen) atoms. The minimum atomic E-state index is 0.323. The Morgan fingerprint density at radius 2 is 1.78 bits per heavy atom. The van der Waals surface area contributed by atoms with E-state index in [2.05, 4.69) is 38.0 Å². The minimum Gasteiger partial charge on any atom is -0.497 e. The van der Waals surface area contributed by atoms with Crippen molar-refractivity contribution in [3.8, 4) is 0 Å². The standard InChI is InChI=1S/C15H20N2O/c1-11(7-8-13(3)17-5)12(2)9-15(10-16)14(4)18-6/h7-9H,1-5,10,16H2,6H3/b8-7-,15-9-. The predicted molar refractivity (Wildman–Crippen MR) is 79.4 cm³/mol. The number of aliphatic imine (C=N–C) groups is 1. The van der Waals surface area contributed by atoms with Crippen LogP contribution in [-0.2, 0) is 4.74 Å². The quantitative estimate of drug-likeness (QED) is 0.405. The van der Waals surface area contributed by atoms with Gasteiger partial charge in [-0.15, -0.1) is 0 Å². The SMILES string of the molecule is C=NC(=C)/C=C\C(=C)C(=C)/C=C(/CN)C(=C)OC. The maximum absolute atomic E-state index is 5.61. The molecule has 0 aromatic heterocycles. The molecular weight excluding hydrogens is 224 g/mol. The van der Waals surface area contributed by atoms with Crippen molar-refractivity contribution in [1.29, 1.82) is 0 Å². The van der Waals surface area contributed by atoms with E-state index >= 15 is 0 Å². The zero-order valence-corrected chi connectivity index (χ0v) is 10.9. The highest BCUT2D eigenvalue weighted by molar-refractivity contribution is 5.48. The number of hydrogen-bond acceptors (Lipinski definition) is 3. The van der Waals surface area contributed by atoms with Gasteiger partial charge in [-0.1, -0.05) is 32.4 Å². The van der Waals surface area contributed by atoms with Crippen LogP contribution in [0.15, 0.2) is 77.7 Å². The fourth-order valence-corrected chi connectivity index (χ4v) is 1.04. The molecule has 0 unspecified atom stereocenters. The molecule has 0 aromatic carbocycles. The van der Waals surface area contributed by atoms with Crippen LogP contribution in [0.3, 0.4) is 0 Å². The lowest BCUT2D eigenvalue weighted by molar-refractivity contribution is 0.302. The summed E-state index contributed by atoms with van der Waals surface area (Å²) in [6.07, 6.45) is 5.27. The first-order valence-corrected chi connectivity index (χ1v) is 5.32. The van der Waals surface area contributed by atoms with Gasteiger partial charge in [0.1, 0.15) is 5.76 Å². The van der Waals surface area contributed by atoms with Gasteiger partial charge in [-0.05, 0) is 30.0 Å². The molecule has 2 N–H and O–H groups in total. The second-order valence-electron chi connectivity index (χ2n) is 3.53. The Bertz CT molecular complexity index is 439. The summed E-state index contributed by atoms with van der Waals surface area (Å²) in [5, 5.41) is 0. The zero-order chi connectivity index (χ0) is 14.1. The lowest BCUT2D eigenvalue weighted by Crippen LogP contribution is -2.06. The second kappa shape index (κ2) is 8.03. The van der Waals surface area contributed by atoms with Crippen molar-refractivity contribution in [3.05, 3.63) is 72.7 Å². The molecule has 3 nitrogen and oxygen atoms in total. The monoisotopic (exact) mass is 244 g/mol. The Kier molecular flexibility index (Phi) is 7.08. The average molecular weight is 244 g/mol. The second-order valence-corrected chi connectivity index (χ2v) is 3.53. The van der Waals surface area contributed by atoms with Crippen molar-refractivity contribution in [3.63, 3.8) is 0 Å². The minimum absolute atomic E-state index is 0.323. The van der Waals surface area contributed by atoms with Crippen molar-refractivity contribution >= 4 is 6.72 Å². The van der Waals surface area contributed by atoms with Crippen molar-refractivity contribution < 1.29 is 4.74 Å². The number of ether oxygens (including phenoxy) is 1. The summed E-state index contributed by atoms with van der Waals surface area (Å²) < 4.78 is 5.03. The van der Waals surface area contributed by atoms with Crippen LogP contribution in [0.25, 0.3) is 0 Å². The van der Waals surface area contributed by atoms with E-state index in [1.165, 1.54) is 0 Å². The van der Waals surface area contributed by atoms with E-state index in [9.17, 15) is 0 Å². The predicted octanol–water partition coefficient (Wildman–Crippen LogP) is 2.91. The molecule has 96 valence electrons. The smallest absolute Gasteiger partial charge is 0.116 e. The molecule has 0 bridgehead atoms. The third kappa shape index (κ3) is 5.27. The summed E-state index contributed by atoms with van der Waals surface area (Å²) in [6.45, 7) is 18.9. The van der Waals surface area contributed by atoms with Crippen LogP contribution in [0.4, 0.5) is 0 Å².